The van der Waals surface area contributed by atoms with Crippen LogP contribution in [0.1, 0.15) is 33.4 Å². The van der Waals surface area contributed by atoms with Crippen molar-refractivity contribution in [2.45, 2.75) is 17.7 Å². The van der Waals surface area contributed by atoms with Gasteiger partial charge < -0.3 is 19.4 Å². The quantitative estimate of drug-likeness (QED) is 0.276. The number of hydrazine groups is 1. The Hall–Kier alpha value is -4.77. The van der Waals surface area contributed by atoms with Crippen molar-refractivity contribution in [1.82, 2.24) is 30.5 Å². The lowest BCUT2D eigenvalue weighted by Gasteiger charge is -2.25. The molecule has 0 spiro atoms. The number of ether oxygens (including phenoxy) is 2. The second-order valence-electron chi connectivity index (χ2n) is 9.20. The van der Waals surface area contributed by atoms with Gasteiger partial charge >= 0.3 is 0 Å². The Balaban J connectivity index is 1.27. The van der Waals surface area contributed by atoms with Crippen LogP contribution < -0.4 is 20.2 Å². The molecule has 10 nitrogen and oxygen atoms in total. The molecule has 2 heterocycles. The highest BCUT2D eigenvalue weighted by molar-refractivity contribution is 7.99. The van der Waals surface area contributed by atoms with Crippen LogP contribution in [0.5, 0.6) is 11.5 Å². The summed E-state index contributed by atoms with van der Waals surface area (Å²) in [6.07, 6.45) is 2.03. The van der Waals surface area contributed by atoms with Gasteiger partial charge in [0.25, 0.3) is 11.8 Å². The number of rotatable bonds is 10. The summed E-state index contributed by atoms with van der Waals surface area (Å²) < 4.78 is 12.4. The van der Waals surface area contributed by atoms with Crippen LogP contribution in [-0.4, -0.2) is 51.6 Å². The second-order valence-corrected chi connectivity index (χ2v) is 10.1. The zero-order chi connectivity index (χ0) is 28.8. The van der Waals surface area contributed by atoms with Gasteiger partial charge in [-0.15, -0.1) is 10.2 Å². The molecule has 210 valence electrons. The number of thioether (sulfide) groups is 1. The molecular formula is C30H30N6O4S. The lowest BCUT2D eigenvalue weighted by atomic mass is 10.0. The van der Waals surface area contributed by atoms with Crippen molar-refractivity contribution in [3.63, 3.8) is 0 Å². The maximum absolute atomic E-state index is 13.5. The van der Waals surface area contributed by atoms with Crippen molar-refractivity contribution in [2.75, 3.05) is 20.0 Å². The van der Waals surface area contributed by atoms with E-state index in [1.54, 1.807) is 35.9 Å². The van der Waals surface area contributed by atoms with Crippen LogP contribution in [0.3, 0.4) is 0 Å². The molecular weight excluding hydrogens is 540 g/mol. The Labute approximate surface area is 242 Å². The normalized spacial score (nSPS) is 14.3. The van der Waals surface area contributed by atoms with Crippen LogP contribution in [0.25, 0.3) is 5.70 Å². The third kappa shape index (κ3) is 6.36. The molecule has 0 saturated carbocycles. The fourth-order valence-corrected chi connectivity index (χ4v) is 5.12. The van der Waals surface area contributed by atoms with Crippen LogP contribution in [0, 0.1) is 0 Å². The van der Waals surface area contributed by atoms with E-state index in [4.69, 9.17) is 9.47 Å². The third-order valence-electron chi connectivity index (χ3n) is 6.66. The van der Waals surface area contributed by atoms with Crippen molar-refractivity contribution < 1.29 is 19.1 Å². The molecule has 4 aromatic rings. The number of nitrogens with zero attached hydrogens (tertiary/aromatic N) is 4. The van der Waals surface area contributed by atoms with Crippen molar-refractivity contribution >= 4 is 29.3 Å². The Morgan fingerprint density at radius 2 is 1.59 bits per heavy atom. The number of methoxy groups -OCH3 is 2. The van der Waals surface area contributed by atoms with Crippen LogP contribution in [0.2, 0.25) is 0 Å². The molecule has 0 bridgehead atoms. The van der Waals surface area contributed by atoms with E-state index in [1.165, 1.54) is 11.8 Å². The molecule has 3 aromatic carbocycles. The highest BCUT2D eigenvalue weighted by atomic mass is 32.2. The predicted molar refractivity (Wildman–Crippen MR) is 156 cm³/mol. The molecule has 1 atom stereocenters. The summed E-state index contributed by atoms with van der Waals surface area (Å²) in [6, 6.07) is 24.0. The molecule has 1 aromatic heterocycles. The average molecular weight is 571 g/mol. The fraction of sp³-hybridized carbons (Fsp3) is 0.200. The number of amides is 2. The predicted octanol–water partition coefficient (Wildman–Crippen LogP) is 3.98. The van der Waals surface area contributed by atoms with Gasteiger partial charge in [0.15, 0.2) is 11.0 Å². The van der Waals surface area contributed by atoms with Gasteiger partial charge in [-0.25, -0.2) is 5.01 Å². The van der Waals surface area contributed by atoms with Crippen molar-refractivity contribution in [3.8, 4) is 11.5 Å². The minimum atomic E-state index is -0.325. The van der Waals surface area contributed by atoms with Crippen LogP contribution in [0.15, 0.2) is 90.1 Å². The summed E-state index contributed by atoms with van der Waals surface area (Å²) >= 11 is 1.28. The Morgan fingerprint density at radius 1 is 0.927 bits per heavy atom. The zero-order valence-electron chi connectivity index (χ0n) is 22.9. The number of carbonyl (C=O) groups excluding carboxylic acids is 2. The van der Waals surface area contributed by atoms with Crippen LogP contribution in [-0.2, 0) is 18.4 Å². The molecule has 1 aliphatic heterocycles. The fourth-order valence-electron chi connectivity index (χ4n) is 4.34. The molecule has 5 rings (SSSR count). The summed E-state index contributed by atoms with van der Waals surface area (Å²) in [5.41, 5.74) is 6.56. The molecule has 1 unspecified atom stereocenters. The number of aromatic nitrogens is 3. The highest BCUT2D eigenvalue weighted by Crippen LogP contribution is 2.33. The van der Waals surface area contributed by atoms with E-state index in [1.807, 2.05) is 79.9 Å². The first-order valence-electron chi connectivity index (χ1n) is 12.9. The summed E-state index contributed by atoms with van der Waals surface area (Å²) in [5.74, 6) is 1.89. The smallest absolute Gasteiger partial charge is 0.252 e. The molecule has 0 aliphatic carbocycles. The van der Waals surface area contributed by atoms with Crippen molar-refractivity contribution in [3.05, 3.63) is 107 Å². The Kier molecular flexibility index (Phi) is 8.54. The minimum Gasteiger partial charge on any atom is -0.497 e. The van der Waals surface area contributed by atoms with E-state index in [0.29, 0.717) is 16.5 Å². The van der Waals surface area contributed by atoms with Crippen molar-refractivity contribution in [1.29, 1.82) is 0 Å². The summed E-state index contributed by atoms with van der Waals surface area (Å²) in [6.45, 7) is 0.216. The number of nitrogens with one attached hydrogen (secondary N) is 2. The number of hydrogen-bond acceptors (Lipinski definition) is 8. The molecule has 41 heavy (non-hydrogen) atoms. The summed E-state index contributed by atoms with van der Waals surface area (Å²) in [5, 5.41) is 13.5. The van der Waals surface area contributed by atoms with Gasteiger partial charge in [0.05, 0.1) is 38.3 Å². The van der Waals surface area contributed by atoms with E-state index in [0.717, 1.165) is 28.3 Å². The molecule has 2 N–H and O–H groups in total. The highest BCUT2D eigenvalue weighted by Gasteiger charge is 2.31. The first kappa shape index (κ1) is 27.8. The van der Waals surface area contributed by atoms with E-state index < -0.39 is 0 Å². The number of hydrogen-bond donors (Lipinski definition) is 2. The molecule has 11 heteroatoms. The topological polar surface area (TPSA) is 111 Å². The van der Waals surface area contributed by atoms with Crippen LogP contribution >= 0.6 is 11.8 Å². The molecule has 0 radical (unpaired) electrons. The first-order valence-corrected chi connectivity index (χ1v) is 13.9. The van der Waals surface area contributed by atoms with E-state index >= 15 is 0 Å². The number of carbonyl (C=O) groups is 2. The van der Waals surface area contributed by atoms with Crippen LogP contribution in [0.4, 0.5) is 0 Å². The average Bonchev–Trinajstić information content (AvgIpc) is 3.63. The maximum Gasteiger partial charge on any atom is 0.252 e. The third-order valence-corrected chi connectivity index (χ3v) is 7.67. The lowest BCUT2D eigenvalue weighted by molar-refractivity contribution is -0.131. The first-order chi connectivity index (χ1) is 20.0. The van der Waals surface area contributed by atoms with Gasteiger partial charge in [-0.2, -0.15) is 0 Å². The Morgan fingerprint density at radius 3 is 2.24 bits per heavy atom. The molecule has 1 aliphatic rings. The van der Waals surface area contributed by atoms with Crippen molar-refractivity contribution in [2.24, 2.45) is 7.05 Å². The van der Waals surface area contributed by atoms with Gasteiger partial charge in [0, 0.05) is 12.6 Å². The lowest BCUT2D eigenvalue weighted by Crippen LogP contribution is -2.40. The monoisotopic (exact) mass is 570 g/mol. The SMILES string of the molecule is COc1ccc(C2=CC(c3ccc(OC)cc3)N(C(=O)CSc3nnc(CNC(=O)c4ccccc4)n3C)N2)cc1. The van der Waals surface area contributed by atoms with E-state index in [9.17, 15) is 9.59 Å². The summed E-state index contributed by atoms with van der Waals surface area (Å²) in [4.78, 5) is 25.9. The van der Waals surface area contributed by atoms with Gasteiger partial charge in [-0.3, -0.25) is 15.0 Å². The minimum absolute atomic E-state index is 0.127. The molecule has 2 amide bonds. The standard InChI is InChI=1S/C30H30N6O4S/c1-35-27(18-31-29(38)22-7-5-4-6-8-22)32-33-30(35)41-19-28(37)36-26(21-11-15-24(40-3)16-12-21)17-25(34-36)20-9-13-23(39-2)14-10-20/h4-17,26,34H,18-19H2,1-3H3,(H,31,38). The second kappa shape index (κ2) is 12.6. The van der Waals surface area contributed by atoms with Gasteiger partial charge in [-0.05, 0) is 65.7 Å². The largest absolute Gasteiger partial charge is 0.497 e. The van der Waals surface area contributed by atoms with Gasteiger partial charge in [0.1, 0.15) is 11.5 Å². The van der Waals surface area contributed by atoms with E-state index in [2.05, 4.69) is 20.9 Å². The number of benzene rings is 3. The van der Waals surface area contributed by atoms with E-state index in [-0.39, 0.29) is 30.2 Å². The maximum atomic E-state index is 13.5. The van der Waals surface area contributed by atoms with Gasteiger partial charge in [0.2, 0.25) is 0 Å². The summed E-state index contributed by atoms with van der Waals surface area (Å²) in [7, 11) is 5.06. The molecule has 0 saturated heterocycles. The molecule has 0 fully saturated rings. The Bertz CT molecular complexity index is 1540. The zero-order valence-corrected chi connectivity index (χ0v) is 23.7. The van der Waals surface area contributed by atoms with Gasteiger partial charge in [-0.1, -0.05) is 42.1 Å².